The quantitative estimate of drug-likeness (QED) is 0.303. The first-order valence-electron chi connectivity index (χ1n) is 11.1. The number of rotatable bonds is 5. The van der Waals surface area contributed by atoms with Crippen LogP contribution in [0.25, 0.3) is 22.8 Å². The SMILES string of the molecule is CN=C(C=CN)Nc1nccc(-c2cc3n(c2)C[C@H](C)n2c-3nnc2C(F)(F)c2ccccc2Cl)n1. The van der Waals surface area contributed by atoms with Crippen LogP contribution in [0.1, 0.15) is 24.4 Å². The van der Waals surface area contributed by atoms with Gasteiger partial charge in [0.25, 0.3) is 0 Å². The van der Waals surface area contributed by atoms with Crippen molar-refractivity contribution in [3.8, 4) is 22.8 Å². The van der Waals surface area contributed by atoms with Crippen LogP contribution in [0.3, 0.4) is 0 Å². The molecular formula is C24H22ClF2N9. The zero-order valence-electron chi connectivity index (χ0n) is 19.4. The third kappa shape index (κ3) is 4.01. The normalized spacial score (nSPS) is 15.7. The van der Waals surface area contributed by atoms with E-state index >= 15 is 8.78 Å². The van der Waals surface area contributed by atoms with E-state index in [9.17, 15) is 0 Å². The van der Waals surface area contributed by atoms with Crippen molar-refractivity contribution < 1.29 is 8.78 Å². The Bertz CT molecular complexity index is 1490. The predicted molar refractivity (Wildman–Crippen MR) is 134 cm³/mol. The highest BCUT2D eigenvalue weighted by atomic mass is 35.5. The molecule has 9 nitrogen and oxygen atoms in total. The fraction of sp³-hybridized carbons (Fsp3) is 0.208. The second kappa shape index (κ2) is 9.15. The Labute approximate surface area is 210 Å². The molecule has 1 aliphatic heterocycles. The number of aliphatic imine (C=N–C) groups is 1. The Morgan fingerprint density at radius 2 is 2.08 bits per heavy atom. The molecule has 0 fully saturated rings. The Kier molecular flexibility index (Phi) is 6.00. The minimum Gasteiger partial charge on any atom is -0.404 e. The van der Waals surface area contributed by atoms with Crippen LogP contribution < -0.4 is 11.1 Å². The largest absolute Gasteiger partial charge is 0.404 e. The maximum Gasteiger partial charge on any atom is 0.333 e. The van der Waals surface area contributed by atoms with Gasteiger partial charge in [-0.05, 0) is 37.4 Å². The van der Waals surface area contributed by atoms with Crippen LogP contribution in [0.2, 0.25) is 5.02 Å². The van der Waals surface area contributed by atoms with Crippen molar-refractivity contribution in [2.75, 3.05) is 12.4 Å². The summed E-state index contributed by atoms with van der Waals surface area (Å²) >= 11 is 6.09. The summed E-state index contributed by atoms with van der Waals surface area (Å²) in [5.41, 5.74) is 7.21. The number of hydrogen-bond donors (Lipinski definition) is 2. The maximum absolute atomic E-state index is 15.6. The summed E-state index contributed by atoms with van der Waals surface area (Å²) in [4.78, 5) is 12.9. The number of fused-ring (bicyclic) bond motifs is 3. The molecule has 0 spiro atoms. The van der Waals surface area contributed by atoms with Gasteiger partial charge in [-0.25, -0.2) is 9.97 Å². The second-order valence-electron chi connectivity index (χ2n) is 8.25. The van der Waals surface area contributed by atoms with Gasteiger partial charge in [-0.2, -0.15) is 8.78 Å². The van der Waals surface area contributed by atoms with E-state index in [2.05, 4.69) is 30.5 Å². The van der Waals surface area contributed by atoms with Gasteiger partial charge in [0.2, 0.25) is 11.8 Å². The van der Waals surface area contributed by atoms with Crippen LogP contribution in [0.5, 0.6) is 0 Å². The molecule has 0 saturated carbocycles. The van der Waals surface area contributed by atoms with E-state index in [1.807, 2.05) is 23.8 Å². The fourth-order valence-corrected chi connectivity index (χ4v) is 4.50. The van der Waals surface area contributed by atoms with Crippen LogP contribution >= 0.6 is 11.6 Å². The van der Waals surface area contributed by atoms with Crippen LogP contribution in [0.4, 0.5) is 14.7 Å². The summed E-state index contributed by atoms with van der Waals surface area (Å²) in [6.07, 6.45) is 6.49. The van der Waals surface area contributed by atoms with Gasteiger partial charge in [0.15, 0.2) is 5.82 Å². The van der Waals surface area contributed by atoms with Crippen LogP contribution in [-0.4, -0.2) is 42.2 Å². The molecule has 3 aromatic heterocycles. The molecular weight excluding hydrogens is 488 g/mol. The monoisotopic (exact) mass is 509 g/mol. The average Bonchev–Trinajstić information content (AvgIpc) is 3.49. The van der Waals surface area contributed by atoms with E-state index in [-0.39, 0.29) is 16.6 Å². The van der Waals surface area contributed by atoms with Crippen molar-refractivity contribution in [2.45, 2.75) is 25.4 Å². The van der Waals surface area contributed by atoms with Gasteiger partial charge >= 0.3 is 5.92 Å². The number of aromatic nitrogens is 6. The van der Waals surface area contributed by atoms with Gasteiger partial charge < -0.3 is 15.6 Å². The van der Waals surface area contributed by atoms with Crippen molar-refractivity contribution in [3.05, 3.63) is 77.5 Å². The molecule has 0 saturated heterocycles. The lowest BCUT2D eigenvalue weighted by Crippen LogP contribution is -2.28. The van der Waals surface area contributed by atoms with Gasteiger partial charge in [-0.3, -0.25) is 9.56 Å². The standard InChI is InChI=1S/C24H22ClF2N9/c1-14-12-35-13-15(18-8-10-30-23(31-18)32-20(29-2)7-9-28)11-19(35)21-33-34-22(36(14)21)24(26,27)16-5-3-4-6-17(16)25/h3-11,13-14H,12,28H2,1-2H3,(H,29,30,31,32)/t14-/m0/s1. The third-order valence-corrected chi connectivity index (χ3v) is 6.23. The third-order valence-electron chi connectivity index (χ3n) is 5.90. The first-order chi connectivity index (χ1) is 17.3. The summed E-state index contributed by atoms with van der Waals surface area (Å²) in [7, 11) is 1.62. The zero-order chi connectivity index (χ0) is 25.4. The molecule has 4 heterocycles. The van der Waals surface area contributed by atoms with E-state index in [1.54, 1.807) is 31.5 Å². The van der Waals surface area contributed by atoms with Gasteiger partial charge in [-0.15, -0.1) is 10.2 Å². The lowest BCUT2D eigenvalue weighted by molar-refractivity contribution is 0.0269. The van der Waals surface area contributed by atoms with E-state index in [1.165, 1.54) is 29.0 Å². The molecule has 0 aliphatic carbocycles. The molecule has 36 heavy (non-hydrogen) atoms. The van der Waals surface area contributed by atoms with Crippen molar-refractivity contribution in [1.29, 1.82) is 0 Å². The Hall–Kier alpha value is -4.12. The molecule has 184 valence electrons. The molecule has 4 aromatic rings. The van der Waals surface area contributed by atoms with Crippen molar-refractivity contribution in [3.63, 3.8) is 0 Å². The lowest BCUT2D eigenvalue weighted by atomic mass is 10.1. The second-order valence-corrected chi connectivity index (χ2v) is 8.65. The highest BCUT2D eigenvalue weighted by Crippen LogP contribution is 2.42. The number of nitrogens with two attached hydrogens (primary N) is 1. The van der Waals surface area contributed by atoms with E-state index in [4.69, 9.17) is 17.3 Å². The van der Waals surface area contributed by atoms with Gasteiger partial charge in [-0.1, -0.05) is 29.8 Å². The Balaban J connectivity index is 1.53. The Morgan fingerprint density at radius 1 is 1.28 bits per heavy atom. The van der Waals surface area contributed by atoms with Crippen molar-refractivity contribution >= 4 is 23.4 Å². The van der Waals surface area contributed by atoms with Crippen LogP contribution in [0, 0.1) is 0 Å². The minimum absolute atomic E-state index is 0.0274. The van der Waals surface area contributed by atoms with Gasteiger partial charge in [0.1, 0.15) is 5.84 Å². The number of nitrogens with zero attached hydrogens (tertiary/aromatic N) is 7. The highest BCUT2D eigenvalue weighted by molar-refractivity contribution is 6.31. The molecule has 5 rings (SSSR count). The van der Waals surface area contributed by atoms with Crippen molar-refractivity contribution in [2.24, 2.45) is 10.7 Å². The first kappa shape index (κ1) is 23.6. The number of amidine groups is 1. The number of alkyl halides is 2. The summed E-state index contributed by atoms with van der Waals surface area (Å²) < 4.78 is 34.6. The number of halogens is 3. The summed E-state index contributed by atoms with van der Waals surface area (Å²) in [5.74, 6) is -2.67. The number of nitrogens with one attached hydrogen (secondary N) is 1. The van der Waals surface area contributed by atoms with Crippen molar-refractivity contribution in [1.82, 2.24) is 29.3 Å². The summed E-state index contributed by atoms with van der Waals surface area (Å²) in [6.45, 7) is 2.31. The summed E-state index contributed by atoms with van der Waals surface area (Å²) in [6, 6.07) is 9.17. The van der Waals surface area contributed by atoms with E-state index in [0.717, 1.165) is 5.56 Å². The zero-order valence-corrected chi connectivity index (χ0v) is 20.2. The maximum atomic E-state index is 15.6. The molecule has 0 amide bonds. The van der Waals surface area contributed by atoms with E-state index in [0.29, 0.717) is 35.5 Å². The number of hydrogen-bond acceptors (Lipinski definition) is 6. The topological polar surface area (TPSA) is 112 Å². The predicted octanol–water partition coefficient (Wildman–Crippen LogP) is 4.48. The van der Waals surface area contributed by atoms with Crippen LogP contribution in [-0.2, 0) is 12.5 Å². The number of anilines is 1. The smallest absolute Gasteiger partial charge is 0.333 e. The summed E-state index contributed by atoms with van der Waals surface area (Å²) in [5, 5.41) is 11.0. The van der Waals surface area contributed by atoms with Gasteiger partial charge in [0, 0.05) is 37.1 Å². The molecule has 12 heteroatoms. The molecule has 1 atom stereocenters. The molecule has 0 radical (unpaired) electrons. The Morgan fingerprint density at radius 3 is 2.83 bits per heavy atom. The molecule has 1 aromatic carbocycles. The minimum atomic E-state index is -3.42. The molecule has 0 unspecified atom stereocenters. The van der Waals surface area contributed by atoms with E-state index < -0.39 is 11.7 Å². The molecule has 1 aliphatic rings. The fourth-order valence-electron chi connectivity index (χ4n) is 4.25. The highest BCUT2D eigenvalue weighted by Gasteiger charge is 2.44. The molecule has 0 bridgehead atoms. The van der Waals surface area contributed by atoms with Gasteiger partial charge in [0.05, 0.1) is 22.5 Å². The number of benzene rings is 1. The average molecular weight is 510 g/mol. The first-order valence-corrected chi connectivity index (χ1v) is 11.5. The lowest BCUT2D eigenvalue weighted by Gasteiger charge is -2.27. The van der Waals surface area contributed by atoms with Crippen LogP contribution in [0.15, 0.2) is 66.1 Å². The molecule has 3 N–H and O–H groups in total.